The van der Waals surface area contributed by atoms with Gasteiger partial charge in [0.15, 0.2) is 5.78 Å². The van der Waals surface area contributed by atoms with E-state index in [9.17, 15) is 18.7 Å². The predicted octanol–water partition coefficient (Wildman–Crippen LogP) is 3.29. The van der Waals surface area contributed by atoms with Gasteiger partial charge in [-0.05, 0) is 25.1 Å². The number of carbonyl (C=O) groups excluding carboxylic acids is 1. The van der Waals surface area contributed by atoms with E-state index in [2.05, 4.69) is 0 Å². The number of ether oxygens (including phenoxy) is 2. The molecule has 6 heteroatoms. The van der Waals surface area contributed by atoms with Crippen LogP contribution in [0.3, 0.4) is 0 Å². The average Bonchev–Trinajstić information content (AvgIpc) is 2.52. The van der Waals surface area contributed by atoms with Gasteiger partial charge in [-0.25, -0.2) is 8.78 Å². The molecule has 0 saturated heterocycles. The molecule has 0 bridgehead atoms. The standard InChI is InChI=1S/C17H16F2O4/c1-10(20)13-6-4-12(22-2)8-17(13)23-9-16(21)14-5-3-11(18)7-15(14)19/h3-8,16,21H,9H2,1-2H3. The highest BCUT2D eigenvalue weighted by Gasteiger charge is 2.16. The molecule has 0 aliphatic heterocycles. The van der Waals surface area contributed by atoms with Gasteiger partial charge in [-0.2, -0.15) is 0 Å². The molecule has 1 atom stereocenters. The van der Waals surface area contributed by atoms with Gasteiger partial charge in [0, 0.05) is 17.7 Å². The number of Topliss-reactive ketones (excluding diaryl/α,β-unsaturated/α-hetero) is 1. The number of aliphatic hydroxyl groups excluding tert-OH is 1. The first kappa shape index (κ1) is 16.9. The zero-order chi connectivity index (χ0) is 17.0. The van der Waals surface area contributed by atoms with E-state index in [-0.39, 0.29) is 23.7 Å². The molecule has 4 nitrogen and oxygen atoms in total. The van der Waals surface area contributed by atoms with Gasteiger partial charge in [0.2, 0.25) is 0 Å². The quantitative estimate of drug-likeness (QED) is 0.829. The van der Waals surface area contributed by atoms with Gasteiger partial charge in [-0.3, -0.25) is 4.79 Å². The molecular formula is C17H16F2O4. The Bertz CT molecular complexity index is 716. The lowest BCUT2D eigenvalue weighted by molar-refractivity contribution is 0.0966. The number of aliphatic hydroxyl groups is 1. The van der Waals surface area contributed by atoms with Crippen molar-refractivity contribution < 1.29 is 28.2 Å². The van der Waals surface area contributed by atoms with Gasteiger partial charge in [0.1, 0.15) is 35.8 Å². The lowest BCUT2D eigenvalue weighted by Crippen LogP contribution is -2.13. The molecule has 0 amide bonds. The Labute approximate surface area is 132 Å². The first-order valence-corrected chi connectivity index (χ1v) is 6.87. The van der Waals surface area contributed by atoms with Crippen molar-refractivity contribution in [2.24, 2.45) is 0 Å². The summed E-state index contributed by atoms with van der Waals surface area (Å²) in [4.78, 5) is 11.6. The lowest BCUT2D eigenvalue weighted by atomic mass is 10.1. The van der Waals surface area contributed by atoms with Crippen LogP contribution in [0.4, 0.5) is 8.78 Å². The number of ketones is 1. The van der Waals surface area contributed by atoms with Crippen molar-refractivity contribution in [3.63, 3.8) is 0 Å². The molecule has 0 aliphatic rings. The minimum Gasteiger partial charge on any atom is -0.497 e. The maximum atomic E-state index is 13.6. The molecule has 2 rings (SSSR count). The zero-order valence-corrected chi connectivity index (χ0v) is 12.7. The normalized spacial score (nSPS) is 11.9. The highest BCUT2D eigenvalue weighted by atomic mass is 19.1. The molecule has 23 heavy (non-hydrogen) atoms. The molecule has 0 spiro atoms. The molecule has 0 aromatic heterocycles. The fraction of sp³-hybridized carbons (Fsp3) is 0.235. The Kier molecular flexibility index (Phi) is 5.28. The molecule has 0 saturated carbocycles. The fourth-order valence-electron chi connectivity index (χ4n) is 2.07. The SMILES string of the molecule is COc1ccc(C(C)=O)c(OCC(O)c2ccc(F)cc2F)c1. The lowest BCUT2D eigenvalue weighted by Gasteiger charge is -2.15. The number of hydrogen-bond acceptors (Lipinski definition) is 4. The number of benzene rings is 2. The predicted molar refractivity (Wildman–Crippen MR) is 79.8 cm³/mol. The van der Waals surface area contributed by atoms with Crippen LogP contribution >= 0.6 is 0 Å². The molecule has 0 aliphatic carbocycles. The summed E-state index contributed by atoms with van der Waals surface area (Å²) in [5, 5.41) is 10.0. The minimum absolute atomic E-state index is 0.0846. The largest absolute Gasteiger partial charge is 0.497 e. The second-order valence-electron chi connectivity index (χ2n) is 4.91. The van der Waals surface area contributed by atoms with Crippen molar-refractivity contribution in [2.75, 3.05) is 13.7 Å². The van der Waals surface area contributed by atoms with E-state index in [0.717, 1.165) is 12.1 Å². The first-order valence-electron chi connectivity index (χ1n) is 6.87. The highest BCUT2D eigenvalue weighted by Crippen LogP contribution is 2.27. The van der Waals surface area contributed by atoms with E-state index in [0.29, 0.717) is 17.4 Å². The van der Waals surface area contributed by atoms with Gasteiger partial charge >= 0.3 is 0 Å². The summed E-state index contributed by atoms with van der Waals surface area (Å²) in [6.07, 6.45) is -1.30. The van der Waals surface area contributed by atoms with Crippen LogP contribution < -0.4 is 9.47 Å². The van der Waals surface area contributed by atoms with Gasteiger partial charge in [-0.1, -0.05) is 6.07 Å². The smallest absolute Gasteiger partial charge is 0.163 e. The number of halogens is 2. The number of rotatable bonds is 6. The minimum atomic E-state index is -1.30. The van der Waals surface area contributed by atoms with Crippen molar-refractivity contribution in [3.05, 3.63) is 59.2 Å². The van der Waals surface area contributed by atoms with Crippen molar-refractivity contribution in [1.29, 1.82) is 0 Å². The molecule has 0 heterocycles. The van der Waals surface area contributed by atoms with Gasteiger partial charge in [0.05, 0.1) is 12.7 Å². The topological polar surface area (TPSA) is 55.8 Å². The maximum absolute atomic E-state index is 13.6. The summed E-state index contributed by atoms with van der Waals surface area (Å²) in [5.41, 5.74) is 0.233. The summed E-state index contributed by atoms with van der Waals surface area (Å²) < 4.78 is 37.0. The summed E-state index contributed by atoms with van der Waals surface area (Å²) in [6.45, 7) is 1.08. The van der Waals surface area contributed by atoms with Gasteiger partial charge < -0.3 is 14.6 Å². The summed E-state index contributed by atoms with van der Waals surface area (Å²) in [6, 6.07) is 7.54. The Morgan fingerprint density at radius 3 is 2.57 bits per heavy atom. The second kappa shape index (κ2) is 7.19. The maximum Gasteiger partial charge on any atom is 0.163 e. The number of carbonyl (C=O) groups is 1. The molecule has 0 radical (unpaired) electrons. The van der Waals surface area contributed by atoms with E-state index in [1.165, 1.54) is 20.1 Å². The van der Waals surface area contributed by atoms with Crippen LogP contribution in [-0.2, 0) is 0 Å². The Hall–Kier alpha value is -2.47. The van der Waals surface area contributed by atoms with Crippen LogP contribution in [0.25, 0.3) is 0 Å². The van der Waals surface area contributed by atoms with Gasteiger partial charge in [0.25, 0.3) is 0 Å². The van der Waals surface area contributed by atoms with Crippen LogP contribution in [0.1, 0.15) is 28.9 Å². The summed E-state index contributed by atoms with van der Waals surface area (Å²) >= 11 is 0. The third-order valence-electron chi connectivity index (χ3n) is 3.29. The van der Waals surface area contributed by atoms with Crippen LogP contribution in [-0.4, -0.2) is 24.6 Å². The second-order valence-corrected chi connectivity index (χ2v) is 4.91. The molecule has 0 fully saturated rings. The Morgan fingerprint density at radius 1 is 1.22 bits per heavy atom. The van der Waals surface area contributed by atoms with Crippen molar-refractivity contribution in [3.8, 4) is 11.5 Å². The van der Waals surface area contributed by atoms with Crippen LogP contribution in [0, 0.1) is 11.6 Å². The molecule has 1 unspecified atom stereocenters. The molecule has 1 N–H and O–H groups in total. The highest BCUT2D eigenvalue weighted by molar-refractivity contribution is 5.97. The molecular weight excluding hydrogens is 306 g/mol. The van der Waals surface area contributed by atoms with Crippen LogP contribution in [0.2, 0.25) is 0 Å². The summed E-state index contributed by atoms with van der Waals surface area (Å²) in [7, 11) is 1.47. The van der Waals surface area contributed by atoms with E-state index in [1.54, 1.807) is 12.1 Å². The first-order chi connectivity index (χ1) is 10.9. The van der Waals surface area contributed by atoms with E-state index in [4.69, 9.17) is 9.47 Å². The van der Waals surface area contributed by atoms with Crippen LogP contribution in [0.5, 0.6) is 11.5 Å². The van der Waals surface area contributed by atoms with E-state index < -0.39 is 17.7 Å². The van der Waals surface area contributed by atoms with Crippen molar-refractivity contribution >= 4 is 5.78 Å². The molecule has 122 valence electrons. The van der Waals surface area contributed by atoms with Crippen LogP contribution in [0.15, 0.2) is 36.4 Å². The zero-order valence-electron chi connectivity index (χ0n) is 12.7. The Morgan fingerprint density at radius 2 is 1.96 bits per heavy atom. The van der Waals surface area contributed by atoms with E-state index in [1.807, 2.05) is 0 Å². The monoisotopic (exact) mass is 322 g/mol. The third kappa shape index (κ3) is 4.04. The molecule has 2 aromatic carbocycles. The van der Waals surface area contributed by atoms with Gasteiger partial charge in [-0.15, -0.1) is 0 Å². The Balaban J connectivity index is 2.17. The molecule has 2 aromatic rings. The fourth-order valence-corrected chi connectivity index (χ4v) is 2.07. The summed E-state index contributed by atoms with van der Waals surface area (Å²) in [5.74, 6) is -1.11. The number of methoxy groups -OCH3 is 1. The number of hydrogen-bond donors (Lipinski definition) is 1. The average molecular weight is 322 g/mol. The van der Waals surface area contributed by atoms with E-state index >= 15 is 0 Å². The van der Waals surface area contributed by atoms with Crippen molar-refractivity contribution in [1.82, 2.24) is 0 Å². The van der Waals surface area contributed by atoms with Crippen molar-refractivity contribution in [2.45, 2.75) is 13.0 Å². The third-order valence-corrected chi connectivity index (χ3v) is 3.29.